The van der Waals surface area contributed by atoms with Gasteiger partial charge in [0, 0.05) is 37.1 Å². The summed E-state index contributed by atoms with van der Waals surface area (Å²) >= 11 is 0. The first-order valence-corrected chi connectivity index (χ1v) is 12.0. The number of anilines is 1. The second kappa shape index (κ2) is 10.1. The van der Waals surface area contributed by atoms with Gasteiger partial charge in [-0.25, -0.2) is 0 Å². The Labute approximate surface area is 196 Å². The minimum atomic E-state index is 0.682. The first-order valence-electron chi connectivity index (χ1n) is 12.0. The molecule has 1 aromatic carbocycles. The van der Waals surface area contributed by atoms with E-state index in [9.17, 15) is 5.26 Å². The Morgan fingerprint density at radius 1 is 0.970 bits per heavy atom. The van der Waals surface area contributed by atoms with E-state index < -0.39 is 0 Å². The van der Waals surface area contributed by atoms with Crippen molar-refractivity contribution in [1.29, 1.82) is 5.26 Å². The first kappa shape index (κ1) is 21.6. The van der Waals surface area contributed by atoms with Gasteiger partial charge in [0.25, 0.3) is 0 Å². The third kappa shape index (κ3) is 5.23. The lowest BCUT2D eigenvalue weighted by molar-refractivity contribution is 0.122. The molecule has 0 spiro atoms. The maximum absolute atomic E-state index is 9.71. The number of hydrogen-bond donors (Lipinski definition) is 0. The highest BCUT2D eigenvalue weighted by molar-refractivity contribution is 5.66. The predicted molar refractivity (Wildman–Crippen MR) is 130 cm³/mol. The lowest BCUT2D eigenvalue weighted by Gasteiger charge is -2.28. The van der Waals surface area contributed by atoms with E-state index in [1.165, 1.54) is 31.2 Å². The summed E-state index contributed by atoms with van der Waals surface area (Å²) in [5, 5.41) is 9.71. The number of pyridine rings is 2. The van der Waals surface area contributed by atoms with E-state index in [4.69, 9.17) is 4.74 Å². The molecule has 2 aromatic heterocycles. The molecular formula is C28H30N4O. The highest BCUT2D eigenvalue weighted by Crippen LogP contribution is 2.31. The SMILES string of the molecule is N#Cc1cc(-c2ccnc(Cc3ccc(N4CCOCC4)cn3)c2)ccc1CCC1CCC1. The molecule has 3 aromatic rings. The number of nitriles is 1. The number of rotatable bonds is 7. The third-order valence-electron chi connectivity index (χ3n) is 6.97. The van der Waals surface area contributed by atoms with Gasteiger partial charge in [0.15, 0.2) is 0 Å². The molecule has 0 N–H and O–H groups in total. The molecule has 0 atom stereocenters. The molecule has 3 heterocycles. The summed E-state index contributed by atoms with van der Waals surface area (Å²) in [6.07, 6.45) is 10.8. The molecule has 1 aliphatic carbocycles. The lowest BCUT2D eigenvalue weighted by Crippen LogP contribution is -2.36. The van der Waals surface area contributed by atoms with Crippen molar-refractivity contribution < 1.29 is 4.74 Å². The first-order chi connectivity index (χ1) is 16.3. The van der Waals surface area contributed by atoms with Crippen molar-refractivity contribution in [2.24, 2.45) is 5.92 Å². The fourth-order valence-corrected chi connectivity index (χ4v) is 4.69. The Balaban J connectivity index is 1.28. The van der Waals surface area contributed by atoms with Gasteiger partial charge in [-0.15, -0.1) is 0 Å². The van der Waals surface area contributed by atoms with Crippen molar-refractivity contribution in [3.63, 3.8) is 0 Å². The molecule has 2 fully saturated rings. The Hall–Kier alpha value is -3.23. The molecule has 0 amide bonds. The van der Waals surface area contributed by atoms with Crippen LogP contribution >= 0.6 is 0 Å². The Kier molecular flexibility index (Phi) is 6.64. The summed E-state index contributed by atoms with van der Waals surface area (Å²) in [6.45, 7) is 3.37. The number of morpholine rings is 1. The van der Waals surface area contributed by atoms with Gasteiger partial charge >= 0.3 is 0 Å². The van der Waals surface area contributed by atoms with Crippen molar-refractivity contribution in [2.75, 3.05) is 31.2 Å². The van der Waals surface area contributed by atoms with Gasteiger partial charge in [-0.05, 0) is 65.8 Å². The molecule has 0 unspecified atom stereocenters. The summed E-state index contributed by atoms with van der Waals surface area (Å²) in [7, 11) is 0. The molecule has 0 radical (unpaired) electrons. The molecule has 5 heteroatoms. The summed E-state index contributed by atoms with van der Waals surface area (Å²) < 4.78 is 5.43. The van der Waals surface area contributed by atoms with Crippen molar-refractivity contribution >= 4 is 5.69 Å². The van der Waals surface area contributed by atoms with Gasteiger partial charge in [-0.2, -0.15) is 5.26 Å². The minimum absolute atomic E-state index is 0.682. The van der Waals surface area contributed by atoms with Gasteiger partial charge < -0.3 is 9.64 Å². The maximum atomic E-state index is 9.71. The standard InChI is InChI=1S/C28H30N4O/c29-19-25-16-23(7-6-22(25)5-4-21-2-1-3-21)24-10-11-30-27(17-24)18-26-8-9-28(20-31-26)32-12-14-33-15-13-32/h6-11,16-17,20-21H,1-5,12-15,18H2. The van der Waals surface area contributed by atoms with Crippen molar-refractivity contribution in [1.82, 2.24) is 9.97 Å². The van der Waals surface area contributed by atoms with E-state index in [1.54, 1.807) is 0 Å². The highest BCUT2D eigenvalue weighted by Gasteiger charge is 2.18. The quantitative estimate of drug-likeness (QED) is 0.509. The summed E-state index contributed by atoms with van der Waals surface area (Å²) in [5.74, 6) is 0.857. The largest absolute Gasteiger partial charge is 0.378 e. The number of aryl methyl sites for hydroxylation is 1. The second-order valence-corrected chi connectivity index (χ2v) is 9.14. The molecule has 1 saturated carbocycles. The molecule has 5 nitrogen and oxygen atoms in total. The molecule has 1 saturated heterocycles. The maximum Gasteiger partial charge on any atom is 0.0994 e. The van der Waals surface area contributed by atoms with E-state index in [0.29, 0.717) is 6.42 Å². The number of nitrogens with zero attached hydrogens (tertiary/aromatic N) is 4. The minimum Gasteiger partial charge on any atom is -0.378 e. The molecular weight excluding hydrogens is 408 g/mol. The van der Waals surface area contributed by atoms with E-state index >= 15 is 0 Å². The summed E-state index contributed by atoms with van der Waals surface area (Å²) in [6, 6.07) is 17.1. The zero-order valence-electron chi connectivity index (χ0n) is 19.0. The van der Waals surface area contributed by atoms with E-state index in [0.717, 1.165) is 72.4 Å². The Morgan fingerprint density at radius 3 is 2.55 bits per heavy atom. The van der Waals surface area contributed by atoms with E-state index in [1.807, 2.05) is 24.5 Å². The fourth-order valence-electron chi connectivity index (χ4n) is 4.69. The molecule has 0 bridgehead atoms. The average Bonchev–Trinajstić information content (AvgIpc) is 2.84. The summed E-state index contributed by atoms with van der Waals surface area (Å²) in [4.78, 5) is 11.5. The number of hydrogen-bond acceptors (Lipinski definition) is 5. The van der Waals surface area contributed by atoms with Gasteiger partial charge in [-0.1, -0.05) is 31.4 Å². The predicted octanol–water partition coefficient (Wildman–Crippen LogP) is 5.18. The normalized spacial score (nSPS) is 16.3. The summed E-state index contributed by atoms with van der Waals surface area (Å²) in [5.41, 5.74) is 7.25. The zero-order chi connectivity index (χ0) is 22.5. The van der Waals surface area contributed by atoms with Crippen LogP contribution in [0.3, 0.4) is 0 Å². The van der Waals surface area contributed by atoms with Crippen molar-refractivity contribution in [3.8, 4) is 17.2 Å². The third-order valence-corrected chi connectivity index (χ3v) is 6.97. The second-order valence-electron chi connectivity index (χ2n) is 9.14. The van der Waals surface area contributed by atoms with E-state index in [2.05, 4.69) is 51.3 Å². The topological polar surface area (TPSA) is 62.0 Å². The van der Waals surface area contributed by atoms with Gasteiger partial charge in [-0.3, -0.25) is 9.97 Å². The monoisotopic (exact) mass is 438 g/mol. The van der Waals surface area contributed by atoms with E-state index in [-0.39, 0.29) is 0 Å². The van der Waals surface area contributed by atoms with Gasteiger partial charge in [0.2, 0.25) is 0 Å². The Morgan fingerprint density at radius 2 is 1.82 bits per heavy atom. The van der Waals surface area contributed by atoms with Crippen LogP contribution in [0.1, 0.15) is 48.2 Å². The van der Waals surface area contributed by atoms with Crippen LogP contribution in [-0.2, 0) is 17.6 Å². The molecule has 1 aliphatic heterocycles. The van der Waals surface area contributed by atoms with Crippen LogP contribution < -0.4 is 4.90 Å². The lowest BCUT2D eigenvalue weighted by atomic mass is 9.81. The van der Waals surface area contributed by atoms with Crippen LogP contribution in [0.2, 0.25) is 0 Å². The van der Waals surface area contributed by atoms with Crippen LogP contribution in [0.4, 0.5) is 5.69 Å². The number of ether oxygens (including phenoxy) is 1. The van der Waals surface area contributed by atoms with Crippen LogP contribution in [0.15, 0.2) is 54.9 Å². The van der Waals surface area contributed by atoms with Gasteiger partial charge in [0.05, 0.1) is 36.7 Å². The zero-order valence-corrected chi connectivity index (χ0v) is 19.0. The van der Waals surface area contributed by atoms with Crippen LogP contribution in [0.5, 0.6) is 0 Å². The fraction of sp³-hybridized carbons (Fsp3) is 0.393. The molecule has 33 heavy (non-hydrogen) atoms. The Bertz CT molecular complexity index is 1130. The molecule has 168 valence electrons. The van der Waals surface area contributed by atoms with Crippen LogP contribution in [-0.4, -0.2) is 36.3 Å². The number of benzene rings is 1. The van der Waals surface area contributed by atoms with Crippen LogP contribution in [0.25, 0.3) is 11.1 Å². The number of aromatic nitrogens is 2. The molecule has 2 aliphatic rings. The highest BCUT2D eigenvalue weighted by atomic mass is 16.5. The smallest absolute Gasteiger partial charge is 0.0994 e. The van der Waals surface area contributed by atoms with Gasteiger partial charge in [0.1, 0.15) is 0 Å². The van der Waals surface area contributed by atoms with Crippen molar-refractivity contribution in [2.45, 2.75) is 38.5 Å². The van der Waals surface area contributed by atoms with Crippen LogP contribution in [0, 0.1) is 17.2 Å². The van der Waals surface area contributed by atoms with Crippen molar-refractivity contribution in [3.05, 3.63) is 77.4 Å². The molecule has 5 rings (SSSR count). The average molecular weight is 439 g/mol.